The topological polar surface area (TPSA) is 38.7 Å². The van der Waals surface area contributed by atoms with E-state index in [2.05, 4.69) is 4.65 Å². The second-order valence-electron chi connectivity index (χ2n) is 7.62. The van der Waals surface area contributed by atoms with Crippen LogP contribution in [-0.2, 0) is 0 Å². The molecule has 6 heteroatoms. The number of benzene rings is 1. The van der Waals surface area contributed by atoms with E-state index >= 15 is 0 Å². The first-order valence-corrected chi connectivity index (χ1v) is 8.32. The zero-order valence-corrected chi connectivity index (χ0v) is 12.9. The fraction of sp³-hybridized carbons (Fsp3) is 0.647. The van der Waals surface area contributed by atoms with Gasteiger partial charge in [0.1, 0.15) is 5.75 Å². The van der Waals surface area contributed by atoms with Crippen LogP contribution in [0.1, 0.15) is 38.5 Å². The van der Waals surface area contributed by atoms with E-state index in [1.54, 1.807) is 0 Å². The fourth-order valence-corrected chi connectivity index (χ4v) is 5.47. The molecule has 0 spiro atoms. The lowest BCUT2D eigenvalue weighted by Gasteiger charge is -2.56. The van der Waals surface area contributed by atoms with Gasteiger partial charge >= 0.3 is 7.69 Å². The molecule has 0 amide bonds. The molecule has 4 aliphatic carbocycles. The molecular weight excluding hydrogens is 301 g/mol. The molecule has 3 nitrogen and oxygen atoms in total. The largest absolute Gasteiger partial charge is 0.569 e. The van der Waals surface area contributed by atoms with Gasteiger partial charge in [-0.15, -0.1) is 0 Å². The van der Waals surface area contributed by atoms with E-state index in [4.69, 9.17) is 9.76 Å². The Labute approximate surface area is 135 Å². The summed E-state index contributed by atoms with van der Waals surface area (Å²) in [6.45, 7) is 0.458. The van der Waals surface area contributed by atoms with Gasteiger partial charge in [0.15, 0.2) is 5.75 Å². The van der Waals surface area contributed by atoms with Crippen molar-refractivity contribution in [3.05, 3.63) is 23.8 Å². The lowest BCUT2D eigenvalue weighted by Crippen LogP contribution is -2.48. The summed E-state index contributed by atoms with van der Waals surface area (Å²) in [6, 6.07) is 2.62. The molecule has 123 valence electrons. The van der Waals surface area contributed by atoms with Crippen molar-refractivity contribution in [1.82, 2.24) is 0 Å². The molecule has 4 saturated carbocycles. The average molecular weight is 321 g/mol. The van der Waals surface area contributed by atoms with E-state index in [1.165, 1.54) is 31.4 Å². The van der Waals surface area contributed by atoms with Gasteiger partial charge in [0.25, 0.3) is 0 Å². The SMILES string of the molecule is O[B]Oc1ccc(OCC23CC4CC(CC(C4)C2)C3)c(F)c1F. The van der Waals surface area contributed by atoms with Crippen LogP contribution >= 0.6 is 0 Å². The molecule has 23 heavy (non-hydrogen) atoms. The normalized spacial score (nSPS) is 34.5. The van der Waals surface area contributed by atoms with Gasteiger partial charge < -0.3 is 14.4 Å². The lowest BCUT2D eigenvalue weighted by atomic mass is 9.50. The maximum absolute atomic E-state index is 14.1. The van der Waals surface area contributed by atoms with Crippen molar-refractivity contribution >= 4 is 7.69 Å². The summed E-state index contributed by atoms with van der Waals surface area (Å²) in [5, 5.41) is 8.54. The van der Waals surface area contributed by atoms with Crippen LogP contribution in [0.25, 0.3) is 0 Å². The maximum atomic E-state index is 14.1. The first-order chi connectivity index (χ1) is 11.1. The molecule has 4 bridgehead atoms. The van der Waals surface area contributed by atoms with Crippen molar-refractivity contribution in [3.63, 3.8) is 0 Å². The fourth-order valence-electron chi connectivity index (χ4n) is 5.47. The summed E-state index contributed by atoms with van der Waals surface area (Å²) in [5.74, 6) is -0.255. The minimum absolute atomic E-state index is 0.0801. The summed E-state index contributed by atoms with van der Waals surface area (Å²) in [4.78, 5) is 0. The van der Waals surface area contributed by atoms with E-state index in [1.807, 2.05) is 0 Å². The number of halogens is 2. The van der Waals surface area contributed by atoms with Crippen LogP contribution in [0.3, 0.4) is 0 Å². The Hall–Kier alpha value is -1.30. The summed E-state index contributed by atoms with van der Waals surface area (Å²) in [5.41, 5.74) is 0.145. The van der Waals surface area contributed by atoms with Crippen LogP contribution in [0.15, 0.2) is 12.1 Å². The lowest BCUT2D eigenvalue weighted by molar-refractivity contribution is -0.0750. The quantitative estimate of drug-likeness (QED) is 0.844. The average Bonchev–Trinajstić information content (AvgIpc) is 2.50. The Bertz CT molecular complexity index is 572. The molecular formula is C17H20BF2O3. The van der Waals surface area contributed by atoms with E-state index in [9.17, 15) is 8.78 Å². The van der Waals surface area contributed by atoms with Crippen LogP contribution < -0.4 is 9.39 Å². The molecule has 1 radical (unpaired) electrons. The van der Waals surface area contributed by atoms with Crippen LogP contribution in [0.4, 0.5) is 8.78 Å². The van der Waals surface area contributed by atoms with Crippen LogP contribution in [0, 0.1) is 34.8 Å². The number of rotatable bonds is 5. The Kier molecular flexibility index (Phi) is 3.75. The molecule has 4 aliphatic rings. The van der Waals surface area contributed by atoms with Gasteiger partial charge in [-0.25, -0.2) is 0 Å². The molecule has 4 fully saturated rings. The van der Waals surface area contributed by atoms with E-state index in [-0.39, 0.29) is 16.9 Å². The Balaban J connectivity index is 1.48. The van der Waals surface area contributed by atoms with Gasteiger partial charge in [0, 0.05) is 5.41 Å². The predicted octanol–water partition coefficient (Wildman–Crippen LogP) is 3.47. The molecule has 0 aromatic heterocycles. The summed E-state index contributed by atoms with van der Waals surface area (Å²) in [7, 11) is 0.327. The Morgan fingerprint density at radius 1 is 1.00 bits per heavy atom. The Morgan fingerprint density at radius 2 is 1.52 bits per heavy atom. The molecule has 1 aromatic carbocycles. The number of ether oxygens (including phenoxy) is 1. The first-order valence-electron chi connectivity index (χ1n) is 8.32. The highest BCUT2D eigenvalue weighted by Crippen LogP contribution is 2.60. The smallest absolute Gasteiger partial charge is 0.535 e. The number of hydrogen-bond acceptors (Lipinski definition) is 3. The van der Waals surface area contributed by atoms with E-state index < -0.39 is 11.6 Å². The molecule has 0 atom stereocenters. The summed E-state index contributed by atoms with van der Waals surface area (Å²) < 4.78 is 38.1. The van der Waals surface area contributed by atoms with E-state index in [0.29, 0.717) is 14.3 Å². The molecule has 0 heterocycles. The van der Waals surface area contributed by atoms with Crippen molar-refractivity contribution in [3.8, 4) is 11.5 Å². The minimum atomic E-state index is -1.14. The third kappa shape index (κ3) is 2.71. The number of hydrogen-bond donors (Lipinski definition) is 1. The molecule has 1 N–H and O–H groups in total. The van der Waals surface area contributed by atoms with Gasteiger partial charge in [-0.2, -0.15) is 8.78 Å². The second-order valence-corrected chi connectivity index (χ2v) is 7.62. The van der Waals surface area contributed by atoms with Crippen LogP contribution in [0.5, 0.6) is 11.5 Å². The molecule has 5 rings (SSSR count). The van der Waals surface area contributed by atoms with Crippen molar-refractivity contribution in [2.75, 3.05) is 6.61 Å². The van der Waals surface area contributed by atoms with Crippen LogP contribution in [-0.4, -0.2) is 19.3 Å². The summed E-state index contributed by atoms with van der Waals surface area (Å²) >= 11 is 0. The van der Waals surface area contributed by atoms with Crippen molar-refractivity contribution < 1.29 is 23.2 Å². The predicted molar refractivity (Wildman–Crippen MR) is 81.1 cm³/mol. The zero-order chi connectivity index (χ0) is 16.0. The standard InChI is InChI=1S/C17H20BF2O3/c19-15-13(1-2-14(16(15)20)23-18-21)22-9-17-6-10-3-11(7-17)5-12(4-10)8-17/h1-2,10-12,21H,3-9H2. The van der Waals surface area contributed by atoms with Gasteiger partial charge in [0.2, 0.25) is 11.6 Å². The van der Waals surface area contributed by atoms with Gasteiger partial charge in [-0.3, -0.25) is 0 Å². The van der Waals surface area contributed by atoms with Gasteiger partial charge in [0.05, 0.1) is 6.61 Å². The molecule has 0 saturated heterocycles. The molecule has 1 aromatic rings. The second kappa shape index (κ2) is 5.65. The minimum Gasteiger partial charge on any atom is -0.535 e. The maximum Gasteiger partial charge on any atom is 0.569 e. The highest BCUT2D eigenvalue weighted by atomic mass is 19.2. The first kappa shape index (κ1) is 15.2. The van der Waals surface area contributed by atoms with Gasteiger partial charge in [-0.1, -0.05) is 0 Å². The van der Waals surface area contributed by atoms with Crippen molar-refractivity contribution in [2.24, 2.45) is 23.2 Å². The third-order valence-corrected chi connectivity index (χ3v) is 5.89. The molecule has 0 unspecified atom stereocenters. The van der Waals surface area contributed by atoms with Gasteiger partial charge in [-0.05, 0) is 68.4 Å². The summed E-state index contributed by atoms with van der Waals surface area (Å²) in [6.07, 6.45) is 7.49. The zero-order valence-electron chi connectivity index (χ0n) is 12.9. The highest BCUT2D eigenvalue weighted by molar-refractivity contribution is 6.17. The van der Waals surface area contributed by atoms with Crippen molar-refractivity contribution in [2.45, 2.75) is 38.5 Å². The van der Waals surface area contributed by atoms with Crippen molar-refractivity contribution in [1.29, 1.82) is 0 Å². The highest BCUT2D eigenvalue weighted by Gasteiger charge is 2.51. The monoisotopic (exact) mass is 321 g/mol. The Morgan fingerprint density at radius 3 is 2.09 bits per heavy atom. The molecule has 0 aliphatic heterocycles. The van der Waals surface area contributed by atoms with E-state index in [0.717, 1.165) is 37.0 Å². The van der Waals surface area contributed by atoms with Crippen LogP contribution in [0.2, 0.25) is 0 Å². The third-order valence-electron chi connectivity index (χ3n) is 5.89.